The maximum atomic E-state index is 3.47. The van der Waals surface area contributed by atoms with Gasteiger partial charge in [-0.05, 0) is 32.7 Å². The minimum atomic E-state index is 0.764. The van der Waals surface area contributed by atoms with Crippen LogP contribution in [0, 0.1) is 0 Å². The summed E-state index contributed by atoms with van der Waals surface area (Å²) in [6.07, 6.45) is 3.89. The average Bonchev–Trinajstić information content (AvgIpc) is 2.34. The highest BCUT2D eigenvalue weighted by Gasteiger charge is 2.21. The lowest BCUT2D eigenvalue weighted by Crippen LogP contribution is -2.42. The van der Waals surface area contributed by atoms with Crippen molar-refractivity contribution in [3.8, 4) is 0 Å². The van der Waals surface area contributed by atoms with Crippen molar-refractivity contribution < 1.29 is 0 Å². The van der Waals surface area contributed by atoms with Crippen LogP contribution in [0.5, 0.6) is 0 Å². The smallest absolute Gasteiger partial charge is 0.0113 e. The molecule has 2 nitrogen and oxygen atoms in total. The topological polar surface area (TPSA) is 15.3 Å². The van der Waals surface area contributed by atoms with E-state index in [0.29, 0.717) is 0 Å². The standard InChI is InChI=1S/C11H24N2/c1-4-11(5-2)13-9-8-12-7-6-10(13)3/h10-12H,4-9H2,1-3H3. The first kappa shape index (κ1) is 11.0. The van der Waals surface area contributed by atoms with Crippen molar-refractivity contribution in [2.75, 3.05) is 19.6 Å². The Kier molecular flexibility index (Phi) is 4.74. The van der Waals surface area contributed by atoms with Crippen LogP contribution in [0.2, 0.25) is 0 Å². The fourth-order valence-corrected chi connectivity index (χ4v) is 2.33. The van der Waals surface area contributed by atoms with Gasteiger partial charge in [0.1, 0.15) is 0 Å². The number of hydrogen-bond donors (Lipinski definition) is 1. The molecule has 1 atom stereocenters. The molecule has 13 heavy (non-hydrogen) atoms. The first-order chi connectivity index (χ1) is 6.29. The summed E-state index contributed by atoms with van der Waals surface area (Å²) in [7, 11) is 0. The number of nitrogens with zero attached hydrogens (tertiary/aromatic N) is 1. The van der Waals surface area contributed by atoms with E-state index in [9.17, 15) is 0 Å². The maximum absolute atomic E-state index is 3.47. The molecule has 0 aromatic carbocycles. The Bertz CT molecular complexity index is 132. The molecule has 0 aliphatic carbocycles. The molecule has 0 aromatic heterocycles. The van der Waals surface area contributed by atoms with Gasteiger partial charge in [-0.1, -0.05) is 13.8 Å². The minimum absolute atomic E-state index is 0.764. The van der Waals surface area contributed by atoms with Gasteiger partial charge in [-0.3, -0.25) is 4.90 Å². The van der Waals surface area contributed by atoms with Crippen molar-refractivity contribution >= 4 is 0 Å². The zero-order valence-corrected chi connectivity index (χ0v) is 9.34. The first-order valence-electron chi connectivity index (χ1n) is 5.76. The molecule has 0 aromatic rings. The first-order valence-corrected chi connectivity index (χ1v) is 5.76. The van der Waals surface area contributed by atoms with Gasteiger partial charge < -0.3 is 5.32 Å². The molecule has 1 aliphatic heterocycles. The number of nitrogens with one attached hydrogen (secondary N) is 1. The zero-order valence-electron chi connectivity index (χ0n) is 9.34. The van der Waals surface area contributed by atoms with Crippen molar-refractivity contribution in [1.29, 1.82) is 0 Å². The van der Waals surface area contributed by atoms with E-state index in [-0.39, 0.29) is 0 Å². The minimum Gasteiger partial charge on any atom is -0.315 e. The Morgan fingerprint density at radius 2 is 2.00 bits per heavy atom. The zero-order chi connectivity index (χ0) is 9.68. The van der Waals surface area contributed by atoms with Gasteiger partial charge in [0.25, 0.3) is 0 Å². The normalized spacial score (nSPS) is 26.3. The Morgan fingerprint density at radius 1 is 1.31 bits per heavy atom. The molecule has 0 amide bonds. The summed E-state index contributed by atoms with van der Waals surface area (Å²) >= 11 is 0. The molecule has 0 spiro atoms. The van der Waals surface area contributed by atoms with Gasteiger partial charge in [-0.15, -0.1) is 0 Å². The van der Waals surface area contributed by atoms with E-state index in [1.165, 1.54) is 38.9 Å². The SMILES string of the molecule is CCC(CC)N1CCNCCC1C. The van der Waals surface area contributed by atoms with Crippen molar-refractivity contribution in [2.45, 2.75) is 52.1 Å². The lowest BCUT2D eigenvalue weighted by Gasteiger charge is -2.33. The Hall–Kier alpha value is -0.0800. The van der Waals surface area contributed by atoms with E-state index < -0.39 is 0 Å². The molecule has 1 heterocycles. The molecule has 78 valence electrons. The Balaban J connectivity index is 2.51. The van der Waals surface area contributed by atoms with Crippen LogP contribution in [-0.4, -0.2) is 36.6 Å². The highest BCUT2D eigenvalue weighted by molar-refractivity contribution is 4.78. The Morgan fingerprint density at radius 3 is 2.62 bits per heavy atom. The molecule has 1 saturated heterocycles. The molecule has 1 aliphatic rings. The van der Waals surface area contributed by atoms with Gasteiger partial charge in [0.2, 0.25) is 0 Å². The molecular weight excluding hydrogens is 160 g/mol. The maximum Gasteiger partial charge on any atom is 0.0113 e. The summed E-state index contributed by atoms with van der Waals surface area (Å²) in [5.74, 6) is 0. The van der Waals surface area contributed by atoms with E-state index in [2.05, 4.69) is 31.0 Å². The summed E-state index contributed by atoms with van der Waals surface area (Å²) in [6.45, 7) is 10.6. The third kappa shape index (κ3) is 2.96. The third-order valence-electron chi connectivity index (χ3n) is 3.26. The van der Waals surface area contributed by atoms with Crippen LogP contribution in [-0.2, 0) is 0 Å². The van der Waals surface area contributed by atoms with Gasteiger partial charge in [0.15, 0.2) is 0 Å². The van der Waals surface area contributed by atoms with E-state index in [1.807, 2.05) is 0 Å². The molecule has 0 radical (unpaired) electrons. The molecule has 1 N–H and O–H groups in total. The van der Waals surface area contributed by atoms with Gasteiger partial charge in [0, 0.05) is 25.2 Å². The van der Waals surface area contributed by atoms with E-state index in [1.54, 1.807) is 0 Å². The van der Waals surface area contributed by atoms with Gasteiger partial charge in [0.05, 0.1) is 0 Å². The van der Waals surface area contributed by atoms with Crippen LogP contribution in [0.25, 0.3) is 0 Å². The van der Waals surface area contributed by atoms with Crippen molar-refractivity contribution in [1.82, 2.24) is 10.2 Å². The third-order valence-corrected chi connectivity index (χ3v) is 3.26. The highest BCUT2D eigenvalue weighted by Crippen LogP contribution is 2.15. The van der Waals surface area contributed by atoms with Gasteiger partial charge in [-0.2, -0.15) is 0 Å². The molecule has 1 unspecified atom stereocenters. The van der Waals surface area contributed by atoms with Crippen molar-refractivity contribution in [3.63, 3.8) is 0 Å². The van der Waals surface area contributed by atoms with Crippen LogP contribution in [0.1, 0.15) is 40.0 Å². The van der Waals surface area contributed by atoms with E-state index in [0.717, 1.165) is 12.1 Å². The summed E-state index contributed by atoms with van der Waals surface area (Å²) in [6, 6.07) is 1.56. The second-order valence-corrected chi connectivity index (χ2v) is 4.10. The Labute approximate surface area is 82.7 Å². The van der Waals surface area contributed by atoms with Crippen molar-refractivity contribution in [2.24, 2.45) is 0 Å². The quantitative estimate of drug-likeness (QED) is 0.720. The van der Waals surface area contributed by atoms with Crippen LogP contribution >= 0.6 is 0 Å². The number of rotatable bonds is 3. The lowest BCUT2D eigenvalue weighted by molar-refractivity contribution is 0.143. The summed E-state index contributed by atoms with van der Waals surface area (Å²) in [5.41, 5.74) is 0. The van der Waals surface area contributed by atoms with E-state index >= 15 is 0 Å². The number of hydrogen-bond acceptors (Lipinski definition) is 2. The fourth-order valence-electron chi connectivity index (χ4n) is 2.33. The molecule has 2 heteroatoms. The van der Waals surface area contributed by atoms with E-state index in [4.69, 9.17) is 0 Å². The predicted molar refractivity (Wildman–Crippen MR) is 58.0 cm³/mol. The summed E-state index contributed by atoms with van der Waals surface area (Å²) in [5, 5.41) is 3.47. The second-order valence-electron chi connectivity index (χ2n) is 4.10. The molecule has 1 fully saturated rings. The molecule has 1 rings (SSSR count). The van der Waals surface area contributed by atoms with Gasteiger partial charge in [-0.25, -0.2) is 0 Å². The van der Waals surface area contributed by atoms with Gasteiger partial charge >= 0.3 is 0 Å². The average molecular weight is 184 g/mol. The van der Waals surface area contributed by atoms with Crippen LogP contribution in [0.15, 0.2) is 0 Å². The predicted octanol–water partition coefficient (Wildman–Crippen LogP) is 1.86. The monoisotopic (exact) mass is 184 g/mol. The lowest BCUT2D eigenvalue weighted by atomic mass is 10.1. The largest absolute Gasteiger partial charge is 0.315 e. The summed E-state index contributed by atoms with van der Waals surface area (Å²) in [4.78, 5) is 2.68. The van der Waals surface area contributed by atoms with Crippen LogP contribution < -0.4 is 5.32 Å². The van der Waals surface area contributed by atoms with Crippen molar-refractivity contribution in [3.05, 3.63) is 0 Å². The molecule has 0 bridgehead atoms. The molecular formula is C11H24N2. The fraction of sp³-hybridized carbons (Fsp3) is 1.00. The summed E-state index contributed by atoms with van der Waals surface area (Å²) < 4.78 is 0. The molecule has 0 saturated carbocycles. The van der Waals surface area contributed by atoms with Crippen LogP contribution in [0.3, 0.4) is 0 Å². The highest BCUT2D eigenvalue weighted by atomic mass is 15.2. The van der Waals surface area contributed by atoms with Crippen LogP contribution in [0.4, 0.5) is 0 Å². The second kappa shape index (κ2) is 5.61.